The molecule has 0 aliphatic carbocycles. The fraction of sp³-hybridized carbons (Fsp3) is 0.250. The smallest absolute Gasteiger partial charge is 0.253 e. The summed E-state index contributed by atoms with van der Waals surface area (Å²) in [7, 11) is 0. The van der Waals surface area contributed by atoms with Crippen LogP contribution in [0.3, 0.4) is 0 Å². The van der Waals surface area contributed by atoms with Crippen LogP contribution in [0.5, 0.6) is 5.75 Å². The van der Waals surface area contributed by atoms with Gasteiger partial charge in [-0.2, -0.15) is 5.26 Å². The maximum absolute atomic E-state index is 12.9. The Balaban J connectivity index is 1.31. The summed E-state index contributed by atoms with van der Waals surface area (Å²) in [6, 6.07) is 20.5. The van der Waals surface area contributed by atoms with Gasteiger partial charge in [-0.1, -0.05) is 12.1 Å². The fourth-order valence-corrected chi connectivity index (χ4v) is 3.50. The predicted octanol–water partition coefficient (Wildman–Crippen LogP) is 3.69. The third kappa shape index (κ3) is 4.88. The summed E-state index contributed by atoms with van der Waals surface area (Å²) >= 11 is 0. The zero-order valence-electron chi connectivity index (χ0n) is 16.7. The van der Waals surface area contributed by atoms with Gasteiger partial charge in [-0.3, -0.25) is 9.69 Å². The minimum atomic E-state index is 0.0490. The summed E-state index contributed by atoms with van der Waals surface area (Å²) in [5.41, 5.74) is 2.20. The van der Waals surface area contributed by atoms with E-state index in [1.54, 1.807) is 30.5 Å². The molecule has 0 radical (unpaired) electrons. The van der Waals surface area contributed by atoms with E-state index in [2.05, 4.69) is 11.0 Å². The zero-order chi connectivity index (χ0) is 20.8. The molecule has 6 heteroatoms. The van der Waals surface area contributed by atoms with Crippen LogP contribution in [0.1, 0.15) is 27.2 Å². The molecule has 2 heterocycles. The van der Waals surface area contributed by atoms with E-state index in [1.807, 2.05) is 41.3 Å². The molecular weight excluding hydrogens is 378 g/mol. The van der Waals surface area contributed by atoms with Gasteiger partial charge in [0.2, 0.25) is 0 Å². The number of nitriles is 1. The second-order valence-electron chi connectivity index (χ2n) is 7.27. The number of carbonyl (C=O) groups excluding carboxylic acids is 1. The van der Waals surface area contributed by atoms with Crippen LogP contribution in [0.4, 0.5) is 0 Å². The lowest BCUT2D eigenvalue weighted by molar-refractivity contribution is 0.0620. The molecule has 3 aromatic rings. The van der Waals surface area contributed by atoms with Gasteiger partial charge < -0.3 is 14.1 Å². The SMILES string of the molecule is N#Cc1ccc(OCc2cccc(C(=O)N3CCN(Cc4ccco4)CC3)c2)cc1. The highest BCUT2D eigenvalue weighted by Gasteiger charge is 2.22. The summed E-state index contributed by atoms with van der Waals surface area (Å²) < 4.78 is 11.2. The molecule has 1 fully saturated rings. The zero-order valence-corrected chi connectivity index (χ0v) is 16.7. The molecule has 0 saturated carbocycles. The van der Waals surface area contributed by atoms with Crippen molar-refractivity contribution in [1.29, 1.82) is 5.26 Å². The molecule has 30 heavy (non-hydrogen) atoms. The topological polar surface area (TPSA) is 69.7 Å². The van der Waals surface area contributed by atoms with Crippen LogP contribution in [-0.2, 0) is 13.2 Å². The molecular formula is C24H23N3O3. The Morgan fingerprint density at radius 3 is 2.53 bits per heavy atom. The number of nitrogens with zero attached hydrogens (tertiary/aromatic N) is 3. The number of furan rings is 1. The summed E-state index contributed by atoms with van der Waals surface area (Å²) in [5.74, 6) is 1.69. The lowest BCUT2D eigenvalue weighted by Gasteiger charge is -2.34. The van der Waals surface area contributed by atoms with Crippen molar-refractivity contribution in [2.45, 2.75) is 13.2 Å². The van der Waals surface area contributed by atoms with Crippen molar-refractivity contribution in [3.8, 4) is 11.8 Å². The first kappa shape index (κ1) is 19.7. The highest BCUT2D eigenvalue weighted by Crippen LogP contribution is 2.16. The summed E-state index contributed by atoms with van der Waals surface area (Å²) in [4.78, 5) is 17.1. The van der Waals surface area contributed by atoms with E-state index in [4.69, 9.17) is 14.4 Å². The fourth-order valence-electron chi connectivity index (χ4n) is 3.50. The molecule has 1 aromatic heterocycles. The second-order valence-corrected chi connectivity index (χ2v) is 7.27. The van der Waals surface area contributed by atoms with Crippen LogP contribution in [0.15, 0.2) is 71.3 Å². The molecule has 6 nitrogen and oxygen atoms in total. The Kier molecular flexibility index (Phi) is 6.11. The quantitative estimate of drug-likeness (QED) is 0.630. The highest BCUT2D eigenvalue weighted by molar-refractivity contribution is 5.94. The van der Waals surface area contributed by atoms with Gasteiger partial charge in [0.25, 0.3) is 5.91 Å². The van der Waals surface area contributed by atoms with E-state index in [0.717, 1.165) is 31.0 Å². The van der Waals surface area contributed by atoms with Crippen LogP contribution in [0.25, 0.3) is 0 Å². The van der Waals surface area contributed by atoms with Crippen LogP contribution >= 0.6 is 0 Å². The van der Waals surface area contributed by atoms with Crippen molar-refractivity contribution >= 4 is 5.91 Å². The molecule has 0 bridgehead atoms. The molecule has 2 aromatic carbocycles. The molecule has 0 unspecified atom stereocenters. The first-order chi connectivity index (χ1) is 14.7. The molecule has 1 amide bonds. The number of rotatable bonds is 6. The average molecular weight is 401 g/mol. The van der Waals surface area contributed by atoms with Gasteiger partial charge in [-0.15, -0.1) is 0 Å². The third-order valence-electron chi connectivity index (χ3n) is 5.18. The molecule has 4 rings (SSSR count). The maximum Gasteiger partial charge on any atom is 0.253 e. The number of carbonyl (C=O) groups is 1. The molecule has 1 aliphatic rings. The van der Waals surface area contributed by atoms with Crippen molar-refractivity contribution in [2.75, 3.05) is 26.2 Å². The molecule has 1 saturated heterocycles. The van der Waals surface area contributed by atoms with Gasteiger partial charge in [0.1, 0.15) is 18.1 Å². The molecule has 0 spiro atoms. The Morgan fingerprint density at radius 1 is 1.03 bits per heavy atom. The van der Waals surface area contributed by atoms with E-state index < -0.39 is 0 Å². The molecule has 0 N–H and O–H groups in total. The standard InChI is InChI=1S/C24H23N3O3/c25-16-19-6-8-22(9-7-19)30-18-20-3-1-4-21(15-20)24(28)27-12-10-26(11-13-27)17-23-5-2-14-29-23/h1-9,14-15H,10-13,17-18H2. The Labute approximate surface area is 175 Å². The van der Waals surface area contributed by atoms with Crippen molar-refractivity contribution in [3.63, 3.8) is 0 Å². The average Bonchev–Trinajstić information content (AvgIpc) is 3.31. The first-order valence-electron chi connectivity index (χ1n) is 9.97. The van der Waals surface area contributed by atoms with Crippen molar-refractivity contribution in [3.05, 3.63) is 89.4 Å². The van der Waals surface area contributed by atoms with E-state index in [0.29, 0.717) is 36.6 Å². The lowest BCUT2D eigenvalue weighted by Crippen LogP contribution is -2.48. The number of hydrogen-bond donors (Lipinski definition) is 0. The second kappa shape index (κ2) is 9.29. The van der Waals surface area contributed by atoms with Gasteiger partial charge in [-0.25, -0.2) is 0 Å². The van der Waals surface area contributed by atoms with Gasteiger partial charge in [0.05, 0.1) is 24.4 Å². The van der Waals surface area contributed by atoms with Crippen LogP contribution in [0, 0.1) is 11.3 Å². The summed E-state index contributed by atoms with van der Waals surface area (Å²) in [6.45, 7) is 4.19. The van der Waals surface area contributed by atoms with Crippen molar-refractivity contribution in [1.82, 2.24) is 9.80 Å². The minimum Gasteiger partial charge on any atom is -0.489 e. The highest BCUT2D eigenvalue weighted by atomic mass is 16.5. The largest absolute Gasteiger partial charge is 0.489 e. The first-order valence-corrected chi connectivity index (χ1v) is 9.97. The third-order valence-corrected chi connectivity index (χ3v) is 5.18. The van der Waals surface area contributed by atoms with Gasteiger partial charge in [0.15, 0.2) is 0 Å². The lowest BCUT2D eigenvalue weighted by atomic mass is 10.1. The number of hydrogen-bond acceptors (Lipinski definition) is 5. The van der Waals surface area contributed by atoms with Gasteiger partial charge >= 0.3 is 0 Å². The van der Waals surface area contributed by atoms with Crippen LogP contribution in [-0.4, -0.2) is 41.9 Å². The van der Waals surface area contributed by atoms with Gasteiger partial charge in [0, 0.05) is 31.7 Å². The number of piperazine rings is 1. The molecule has 152 valence electrons. The number of benzene rings is 2. The maximum atomic E-state index is 12.9. The molecule has 1 aliphatic heterocycles. The van der Waals surface area contributed by atoms with Gasteiger partial charge in [-0.05, 0) is 54.1 Å². The van der Waals surface area contributed by atoms with Crippen molar-refractivity contribution in [2.24, 2.45) is 0 Å². The normalized spacial score (nSPS) is 14.3. The van der Waals surface area contributed by atoms with E-state index in [9.17, 15) is 4.79 Å². The van der Waals surface area contributed by atoms with E-state index >= 15 is 0 Å². The van der Waals surface area contributed by atoms with Crippen molar-refractivity contribution < 1.29 is 13.9 Å². The Bertz CT molecular complexity index is 1010. The number of amides is 1. The summed E-state index contributed by atoms with van der Waals surface area (Å²) in [5, 5.41) is 8.86. The van der Waals surface area contributed by atoms with E-state index in [1.165, 1.54) is 0 Å². The van der Waals surface area contributed by atoms with Crippen LogP contribution < -0.4 is 4.74 Å². The Morgan fingerprint density at radius 2 is 1.83 bits per heavy atom. The summed E-state index contributed by atoms with van der Waals surface area (Å²) in [6.07, 6.45) is 1.69. The predicted molar refractivity (Wildman–Crippen MR) is 112 cm³/mol. The Hall–Kier alpha value is -3.56. The number of ether oxygens (including phenoxy) is 1. The van der Waals surface area contributed by atoms with E-state index in [-0.39, 0.29) is 5.91 Å². The monoisotopic (exact) mass is 401 g/mol. The minimum absolute atomic E-state index is 0.0490. The molecule has 0 atom stereocenters. The van der Waals surface area contributed by atoms with Crippen LogP contribution in [0.2, 0.25) is 0 Å².